The second-order valence-corrected chi connectivity index (χ2v) is 5.39. The normalized spacial score (nSPS) is 10.6. The Bertz CT molecular complexity index is 730. The summed E-state index contributed by atoms with van der Waals surface area (Å²) in [6, 6.07) is 9.91. The fourth-order valence-corrected chi connectivity index (χ4v) is 2.27. The van der Waals surface area contributed by atoms with Crippen molar-refractivity contribution in [2.45, 2.75) is 0 Å². The van der Waals surface area contributed by atoms with E-state index in [0.29, 0.717) is 22.6 Å². The number of methoxy groups -OCH3 is 2. The van der Waals surface area contributed by atoms with Crippen molar-refractivity contribution < 1.29 is 19.4 Å². The molecule has 2 aromatic carbocycles. The molecule has 0 atom stereocenters. The molecular weight excluding hydrogens is 364 g/mol. The number of ether oxygens (including phenoxy) is 2. The van der Waals surface area contributed by atoms with Gasteiger partial charge in [-0.05, 0) is 36.4 Å². The number of phenolic OH excluding ortho intramolecular Hbond substituents is 1. The van der Waals surface area contributed by atoms with Crippen molar-refractivity contribution in [2.75, 3.05) is 14.2 Å². The van der Waals surface area contributed by atoms with Gasteiger partial charge in [0, 0.05) is 15.6 Å². The van der Waals surface area contributed by atoms with Crippen LogP contribution in [-0.2, 0) is 0 Å². The number of aromatic hydroxyl groups is 1. The highest BCUT2D eigenvalue weighted by Crippen LogP contribution is 2.32. The fourth-order valence-electron chi connectivity index (χ4n) is 1.82. The Labute approximate surface area is 141 Å². The molecule has 0 fully saturated rings. The number of hydrogen-bond acceptors (Lipinski definition) is 5. The van der Waals surface area contributed by atoms with E-state index in [0.717, 1.165) is 4.47 Å². The Kier molecular flexibility index (Phi) is 5.59. The molecule has 0 radical (unpaired) electrons. The van der Waals surface area contributed by atoms with Gasteiger partial charge in [-0.1, -0.05) is 15.9 Å². The molecule has 2 rings (SSSR count). The van der Waals surface area contributed by atoms with Gasteiger partial charge in [-0.3, -0.25) is 4.79 Å². The van der Waals surface area contributed by atoms with Gasteiger partial charge in [-0.2, -0.15) is 5.10 Å². The SMILES string of the molecule is COc1ccc(C(=O)N/N=C\c2cc(Br)cc(OC)c2O)cc1. The Morgan fingerprint density at radius 2 is 1.91 bits per heavy atom. The lowest BCUT2D eigenvalue weighted by molar-refractivity contribution is 0.0955. The molecule has 0 aliphatic carbocycles. The maximum absolute atomic E-state index is 11.9. The first kappa shape index (κ1) is 16.8. The molecule has 0 heterocycles. The first-order chi connectivity index (χ1) is 11.0. The van der Waals surface area contributed by atoms with E-state index >= 15 is 0 Å². The smallest absolute Gasteiger partial charge is 0.271 e. The maximum Gasteiger partial charge on any atom is 0.271 e. The average molecular weight is 379 g/mol. The number of nitrogens with one attached hydrogen (secondary N) is 1. The van der Waals surface area contributed by atoms with Crippen molar-refractivity contribution in [3.63, 3.8) is 0 Å². The van der Waals surface area contributed by atoms with E-state index in [1.54, 1.807) is 43.5 Å². The van der Waals surface area contributed by atoms with Crippen molar-refractivity contribution in [1.82, 2.24) is 5.43 Å². The van der Waals surface area contributed by atoms with Gasteiger partial charge in [-0.15, -0.1) is 0 Å². The van der Waals surface area contributed by atoms with E-state index in [1.807, 2.05) is 0 Å². The van der Waals surface area contributed by atoms with Gasteiger partial charge >= 0.3 is 0 Å². The van der Waals surface area contributed by atoms with Gasteiger partial charge in [0.2, 0.25) is 0 Å². The lowest BCUT2D eigenvalue weighted by atomic mass is 10.2. The molecule has 120 valence electrons. The molecule has 0 aromatic heterocycles. The minimum atomic E-state index is -0.370. The second kappa shape index (κ2) is 7.64. The monoisotopic (exact) mass is 378 g/mol. The maximum atomic E-state index is 11.9. The summed E-state index contributed by atoms with van der Waals surface area (Å²) in [5.41, 5.74) is 3.24. The van der Waals surface area contributed by atoms with Crippen LogP contribution in [0.1, 0.15) is 15.9 Å². The van der Waals surface area contributed by atoms with Crippen molar-refractivity contribution in [3.05, 3.63) is 52.0 Å². The van der Waals surface area contributed by atoms with E-state index in [-0.39, 0.29) is 11.7 Å². The highest BCUT2D eigenvalue weighted by molar-refractivity contribution is 9.10. The number of hydrogen-bond donors (Lipinski definition) is 2. The third-order valence-corrected chi connectivity index (χ3v) is 3.47. The van der Waals surface area contributed by atoms with Crippen LogP contribution < -0.4 is 14.9 Å². The standard InChI is InChI=1S/C16H15BrN2O4/c1-22-13-5-3-10(4-6-13)16(21)19-18-9-11-7-12(17)8-14(23-2)15(11)20/h3-9,20H,1-2H3,(H,19,21)/b18-9-. The van der Waals surface area contributed by atoms with Gasteiger partial charge < -0.3 is 14.6 Å². The summed E-state index contributed by atoms with van der Waals surface area (Å²) in [5.74, 6) is 0.544. The number of halogens is 1. The Morgan fingerprint density at radius 3 is 2.52 bits per heavy atom. The quantitative estimate of drug-likeness (QED) is 0.619. The molecule has 0 spiro atoms. The Morgan fingerprint density at radius 1 is 1.22 bits per heavy atom. The lowest BCUT2D eigenvalue weighted by Crippen LogP contribution is -2.17. The number of carbonyl (C=O) groups excluding carboxylic acids is 1. The third-order valence-electron chi connectivity index (χ3n) is 3.01. The van der Waals surface area contributed by atoms with Crippen LogP contribution >= 0.6 is 15.9 Å². The van der Waals surface area contributed by atoms with Crippen LogP contribution in [0.15, 0.2) is 46.0 Å². The number of benzene rings is 2. The van der Waals surface area contributed by atoms with Gasteiger partial charge in [0.15, 0.2) is 11.5 Å². The topological polar surface area (TPSA) is 80.2 Å². The highest BCUT2D eigenvalue weighted by Gasteiger charge is 2.08. The van der Waals surface area contributed by atoms with E-state index in [1.165, 1.54) is 13.3 Å². The molecule has 0 aliphatic rings. The van der Waals surface area contributed by atoms with E-state index in [4.69, 9.17) is 9.47 Å². The van der Waals surface area contributed by atoms with Crippen LogP contribution in [0, 0.1) is 0 Å². The van der Waals surface area contributed by atoms with Crippen LogP contribution in [0.3, 0.4) is 0 Å². The summed E-state index contributed by atoms with van der Waals surface area (Å²) in [7, 11) is 3.01. The first-order valence-electron chi connectivity index (χ1n) is 6.59. The predicted molar refractivity (Wildman–Crippen MR) is 90.4 cm³/mol. The summed E-state index contributed by atoms with van der Waals surface area (Å²) in [6.07, 6.45) is 1.34. The second-order valence-electron chi connectivity index (χ2n) is 4.47. The van der Waals surface area contributed by atoms with Crippen LogP contribution in [0.5, 0.6) is 17.2 Å². The van der Waals surface area contributed by atoms with Crippen LogP contribution in [0.25, 0.3) is 0 Å². The van der Waals surface area contributed by atoms with Crippen LogP contribution in [-0.4, -0.2) is 31.4 Å². The van der Waals surface area contributed by atoms with Crippen molar-refractivity contribution in [2.24, 2.45) is 5.10 Å². The molecule has 23 heavy (non-hydrogen) atoms. The zero-order valence-corrected chi connectivity index (χ0v) is 14.1. The predicted octanol–water partition coefficient (Wildman–Crippen LogP) is 2.94. The summed E-state index contributed by atoms with van der Waals surface area (Å²) in [4.78, 5) is 11.9. The molecule has 2 aromatic rings. The molecule has 2 N–H and O–H groups in total. The molecule has 6 nitrogen and oxygen atoms in total. The number of carbonyl (C=O) groups is 1. The average Bonchev–Trinajstić information content (AvgIpc) is 2.57. The van der Waals surface area contributed by atoms with E-state index in [9.17, 15) is 9.90 Å². The first-order valence-corrected chi connectivity index (χ1v) is 7.38. The van der Waals surface area contributed by atoms with Gasteiger partial charge in [0.05, 0.1) is 20.4 Å². The minimum Gasteiger partial charge on any atom is -0.504 e. The van der Waals surface area contributed by atoms with Crippen molar-refractivity contribution >= 4 is 28.1 Å². The van der Waals surface area contributed by atoms with Crippen molar-refractivity contribution in [1.29, 1.82) is 0 Å². The third kappa shape index (κ3) is 4.23. The summed E-state index contributed by atoms with van der Waals surface area (Å²) in [6.45, 7) is 0. The number of phenols is 1. The van der Waals surface area contributed by atoms with E-state index < -0.39 is 0 Å². The number of nitrogens with zero attached hydrogens (tertiary/aromatic N) is 1. The van der Waals surface area contributed by atoms with Crippen LogP contribution in [0.4, 0.5) is 0 Å². The molecule has 0 saturated carbocycles. The molecule has 1 amide bonds. The summed E-state index contributed by atoms with van der Waals surface area (Å²) in [5, 5.41) is 13.8. The summed E-state index contributed by atoms with van der Waals surface area (Å²) < 4.78 is 10.8. The lowest BCUT2D eigenvalue weighted by Gasteiger charge is -2.07. The fraction of sp³-hybridized carbons (Fsp3) is 0.125. The molecule has 7 heteroatoms. The molecule has 0 saturated heterocycles. The van der Waals surface area contributed by atoms with Gasteiger partial charge in [-0.25, -0.2) is 5.43 Å². The molecule has 0 aliphatic heterocycles. The molecule has 0 bridgehead atoms. The zero-order valence-electron chi connectivity index (χ0n) is 12.5. The summed E-state index contributed by atoms with van der Waals surface area (Å²) >= 11 is 3.31. The molecular formula is C16H15BrN2O4. The van der Waals surface area contributed by atoms with Crippen molar-refractivity contribution in [3.8, 4) is 17.2 Å². The van der Waals surface area contributed by atoms with Gasteiger partial charge in [0.25, 0.3) is 5.91 Å². The Hall–Kier alpha value is -2.54. The number of rotatable bonds is 5. The van der Waals surface area contributed by atoms with E-state index in [2.05, 4.69) is 26.5 Å². The number of amides is 1. The van der Waals surface area contributed by atoms with Crippen LogP contribution in [0.2, 0.25) is 0 Å². The number of hydrazone groups is 1. The highest BCUT2D eigenvalue weighted by atomic mass is 79.9. The minimum absolute atomic E-state index is 0.0573. The Balaban J connectivity index is 2.09. The zero-order chi connectivity index (χ0) is 16.8. The van der Waals surface area contributed by atoms with Gasteiger partial charge in [0.1, 0.15) is 5.75 Å². The largest absolute Gasteiger partial charge is 0.504 e. The molecule has 0 unspecified atom stereocenters.